The van der Waals surface area contributed by atoms with E-state index in [1.54, 1.807) is 31.2 Å². The molecule has 0 saturated carbocycles. The van der Waals surface area contributed by atoms with Crippen molar-refractivity contribution in [3.8, 4) is 23.1 Å². The topological polar surface area (TPSA) is 69.0 Å². The Morgan fingerprint density at radius 1 is 1.09 bits per heavy atom. The molecule has 3 rings (SSSR count). The first-order valence-electron chi connectivity index (χ1n) is 10.1. The van der Waals surface area contributed by atoms with Gasteiger partial charge in [0.1, 0.15) is 0 Å². The van der Waals surface area contributed by atoms with E-state index in [0.717, 1.165) is 12.1 Å². The Balaban J connectivity index is 1.94. The molecule has 0 aliphatic heterocycles. The Morgan fingerprint density at radius 2 is 1.78 bits per heavy atom. The summed E-state index contributed by atoms with van der Waals surface area (Å²) in [6.45, 7) is 8.01. The fraction of sp³-hybridized carbons (Fsp3) is 0.348. The van der Waals surface area contributed by atoms with Gasteiger partial charge in [0, 0.05) is 17.7 Å². The number of alkyl halides is 3. The minimum atomic E-state index is -4.48. The van der Waals surface area contributed by atoms with E-state index in [1.165, 1.54) is 16.8 Å². The number of hydrogen-bond donors (Lipinski definition) is 1. The number of amides is 1. The molecular weight excluding hydrogens is 421 g/mol. The quantitative estimate of drug-likeness (QED) is 0.525. The third-order valence-electron chi connectivity index (χ3n) is 4.40. The minimum Gasteiger partial charge on any atom is -0.463 e. The highest BCUT2D eigenvalue weighted by atomic mass is 19.4. The molecule has 1 heterocycles. The molecule has 0 radical (unpaired) electrons. The Bertz CT molecular complexity index is 1080. The maximum Gasteiger partial charge on any atom is 0.416 e. The number of nitrogens with zero attached hydrogens (tertiary/aromatic N) is 3. The largest absolute Gasteiger partial charge is 0.463 e. The fourth-order valence-corrected chi connectivity index (χ4v) is 3.06. The molecule has 9 heteroatoms. The Hall–Kier alpha value is -3.36. The molecule has 32 heavy (non-hydrogen) atoms. The molecule has 0 atom stereocenters. The second kappa shape index (κ2) is 9.02. The van der Waals surface area contributed by atoms with E-state index >= 15 is 0 Å². The summed E-state index contributed by atoms with van der Waals surface area (Å²) in [6, 6.07) is 11.8. The second-order valence-corrected chi connectivity index (χ2v) is 8.47. The van der Waals surface area contributed by atoms with Crippen LogP contribution in [0.4, 0.5) is 18.9 Å². The lowest BCUT2D eigenvalue weighted by atomic mass is 9.92. The van der Waals surface area contributed by atoms with Crippen LogP contribution in [0.3, 0.4) is 0 Å². The number of carbonyl (C=O) groups excluding carboxylic acids is 1. The highest BCUT2D eigenvalue weighted by Crippen LogP contribution is 2.33. The molecule has 0 aliphatic carbocycles. The van der Waals surface area contributed by atoms with E-state index < -0.39 is 11.7 Å². The maximum absolute atomic E-state index is 13.2. The van der Waals surface area contributed by atoms with Gasteiger partial charge in [0.25, 0.3) is 0 Å². The average Bonchev–Trinajstić information content (AvgIpc) is 3.11. The SMILES string of the molecule is CCOc1nc(-c2cccc(C(F)(F)F)c2)n(-c2ccc(NC(=O)CC(C)(C)C)cc2)n1. The van der Waals surface area contributed by atoms with E-state index in [-0.39, 0.29) is 28.7 Å². The molecule has 0 saturated heterocycles. The number of aromatic nitrogens is 3. The standard InChI is InChI=1S/C23H25F3N4O2/c1-5-32-21-28-20(15-7-6-8-16(13-15)23(24,25)26)30(29-21)18-11-9-17(10-12-18)27-19(31)14-22(2,3)4/h6-13H,5,14H2,1-4H3,(H,27,31). The van der Waals surface area contributed by atoms with Gasteiger partial charge in [0.15, 0.2) is 5.82 Å². The minimum absolute atomic E-state index is 0.0578. The molecule has 0 unspecified atom stereocenters. The zero-order valence-corrected chi connectivity index (χ0v) is 18.3. The molecule has 0 fully saturated rings. The number of halogens is 3. The fourth-order valence-electron chi connectivity index (χ4n) is 3.06. The van der Waals surface area contributed by atoms with Crippen LogP contribution in [0.5, 0.6) is 6.01 Å². The van der Waals surface area contributed by atoms with Crippen molar-refractivity contribution in [2.24, 2.45) is 5.41 Å². The summed E-state index contributed by atoms with van der Waals surface area (Å²) in [6.07, 6.45) is -4.11. The number of rotatable bonds is 6. The first-order valence-corrected chi connectivity index (χ1v) is 10.1. The number of nitrogens with one attached hydrogen (secondary N) is 1. The van der Waals surface area contributed by atoms with Gasteiger partial charge in [-0.25, -0.2) is 4.68 Å². The molecule has 0 aliphatic rings. The lowest BCUT2D eigenvalue weighted by Gasteiger charge is -2.17. The van der Waals surface area contributed by atoms with Gasteiger partial charge < -0.3 is 10.1 Å². The van der Waals surface area contributed by atoms with Gasteiger partial charge in [-0.15, -0.1) is 5.10 Å². The van der Waals surface area contributed by atoms with Crippen LogP contribution in [0.15, 0.2) is 48.5 Å². The Morgan fingerprint density at radius 3 is 2.38 bits per heavy atom. The smallest absolute Gasteiger partial charge is 0.416 e. The van der Waals surface area contributed by atoms with Gasteiger partial charge in [-0.2, -0.15) is 18.2 Å². The van der Waals surface area contributed by atoms with Crippen molar-refractivity contribution in [1.82, 2.24) is 14.8 Å². The lowest BCUT2D eigenvalue weighted by Crippen LogP contribution is -2.19. The van der Waals surface area contributed by atoms with Crippen LogP contribution in [0.1, 0.15) is 39.7 Å². The van der Waals surface area contributed by atoms with E-state index in [0.29, 0.717) is 24.4 Å². The monoisotopic (exact) mass is 446 g/mol. The van der Waals surface area contributed by atoms with Gasteiger partial charge in [-0.1, -0.05) is 32.9 Å². The molecule has 0 spiro atoms. The lowest BCUT2D eigenvalue weighted by molar-refractivity contribution is -0.137. The molecule has 6 nitrogen and oxygen atoms in total. The third kappa shape index (κ3) is 5.87. The molecule has 170 valence electrons. The summed E-state index contributed by atoms with van der Waals surface area (Å²) < 4.78 is 46.3. The van der Waals surface area contributed by atoms with E-state index in [4.69, 9.17) is 4.74 Å². The Kier molecular flexibility index (Phi) is 6.57. The predicted octanol–water partition coefficient (Wildman–Crippen LogP) is 5.73. The highest BCUT2D eigenvalue weighted by molar-refractivity contribution is 5.91. The summed E-state index contributed by atoms with van der Waals surface area (Å²) in [4.78, 5) is 16.4. The third-order valence-corrected chi connectivity index (χ3v) is 4.40. The molecular formula is C23H25F3N4O2. The molecule has 3 aromatic rings. The van der Waals surface area contributed by atoms with Crippen molar-refractivity contribution in [2.45, 2.75) is 40.3 Å². The van der Waals surface area contributed by atoms with E-state index in [2.05, 4.69) is 15.4 Å². The van der Waals surface area contributed by atoms with Crippen LogP contribution in [0.2, 0.25) is 0 Å². The number of carbonyl (C=O) groups is 1. The molecule has 0 bridgehead atoms. The summed E-state index contributed by atoms with van der Waals surface area (Å²) in [5.41, 5.74) is 0.499. The number of anilines is 1. The van der Waals surface area contributed by atoms with Gasteiger partial charge in [0.2, 0.25) is 5.91 Å². The van der Waals surface area contributed by atoms with E-state index in [1.807, 2.05) is 20.8 Å². The molecule has 1 aromatic heterocycles. The summed E-state index contributed by atoms with van der Waals surface area (Å²) >= 11 is 0. The summed E-state index contributed by atoms with van der Waals surface area (Å²) in [7, 11) is 0. The van der Waals surface area contributed by atoms with Crippen LogP contribution in [-0.4, -0.2) is 27.3 Å². The van der Waals surface area contributed by atoms with Gasteiger partial charge in [-0.05, 0) is 48.7 Å². The number of hydrogen-bond acceptors (Lipinski definition) is 4. The first-order chi connectivity index (χ1) is 15.0. The zero-order valence-electron chi connectivity index (χ0n) is 18.3. The van der Waals surface area contributed by atoms with Crippen LogP contribution < -0.4 is 10.1 Å². The van der Waals surface area contributed by atoms with Crippen molar-refractivity contribution in [1.29, 1.82) is 0 Å². The van der Waals surface area contributed by atoms with Crippen molar-refractivity contribution >= 4 is 11.6 Å². The number of benzene rings is 2. The second-order valence-electron chi connectivity index (χ2n) is 8.47. The average molecular weight is 446 g/mol. The zero-order chi connectivity index (χ0) is 23.5. The highest BCUT2D eigenvalue weighted by Gasteiger charge is 2.31. The number of ether oxygens (including phenoxy) is 1. The summed E-state index contributed by atoms with van der Waals surface area (Å²) in [5, 5.41) is 7.13. The van der Waals surface area contributed by atoms with Crippen molar-refractivity contribution in [2.75, 3.05) is 11.9 Å². The summed E-state index contributed by atoms with van der Waals surface area (Å²) in [5.74, 6) is 0.110. The van der Waals surface area contributed by atoms with Gasteiger partial charge in [0.05, 0.1) is 17.9 Å². The maximum atomic E-state index is 13.2. The van der Waals surface area contributed by atoms with Crippen LogP contribution >= 0.6 is 0 Å². The molecule has 1 amide bonds. The van der Waals surface area contributed by atoms with Crippen LogP contribution in [-0.2, 0) is 11.0 Å². The van der Waals surface area contributed by atoms with Gasteiger partial charge in [-0.3, -0.25) is 4.79 Å². The molecule has 2 aromatic carbocycles. The van der Waals surface area contributed by atoms with Gasteiger partial charge >= 0.3 is 12.2 Å². The normalized spacial score (nSPS) is 12.0. The van der Waals surface area contributed by atoms with E-state index in [9.17, 15) is 18.0 Å². The Labute approximate surface area is 184 Å². The van der Waals surface area contributed by atoms with Crippen LogP contribution in [0.25, 0.3) is 17.1 Å². The van der Waals surface area contributed by atoms with Crippen molar-refractivity contribution in [3.63, 3.8) is 0 Å². The predicted molar refractivity (Wildman–Crippen MR) is 116 cm³/mol. The van der Waals surface area contributed by atoms with Crippen LogP contribution in [0, 0.1) is 5.41 Å². The molecule has 1 N–H and O–H groups in total. The van der Waals surface area contributed by atoms with Crippen molar-refractivity contribution < 1.29 is 22.7 Å². The van der Waals surface area contributed by atoms with Crippen molar-refractivity contribution in [3.05, 3.63) is 54.1 Å². The first kappa shape index (κ1) is 23.3.